The summed E-state index contributed by atoms with van der Waals surface area (Å²) in [5.74, 6) is 0.214. The molecule has 58 heavy (non-hydrogen) atoms. The Kier molecular flexibility index (Phi) is 11.4. The Balaban J connectivity index is 1.12. The zero-order chi connectivity index (χ0) is 40.6. The van der Waals surface area contributed by atoms with E-state index in [1.807, 2.05) is 94.6 Å². The van der Waals surface area contributed by atoms with E-state index in [0.29, 0.717) is 30.9 Å². The van der Waals surface area contributed by atoms with Gasteiger partial charge in [0.05, 0.1) is 57.8 Å². The van der Waals surface area contributed by atoms with Crippen molar-refractivity contribution in [2.24, 2.45) is 5.92 Å². The van der Waals surface area contributed by atoms with Crippen LogP contribution in [-0.4, -0.2) is 72.4 Å². The highest BCUT2D eigenvalue weighted by atomic mass is 79.9. The summed E-state index contributed by atoms with van der Waals surface area (Å²) in [6.07, 6.45) is 4.04. The second kappa shape index (κ2) is 16.5. The molecule has 2 saturated heterocycles. The third-order valence-electron chi connectivity index (χ3n) is 12.7. The van der Waals surface area contributed by atoms with Gasteiger partial charge >= 0.3 is 0 Å². The van der Waals surface area contributed by atoms with Gasteiger partial charge < -0.3 is 30.1 Å². The van der Waals surface area contributed by atoms with Gasteiger partial charge in [0.15, 0.2) is 5.60 Å². The van der Waals surface area contributed by atoms with E-state index in [9.17, 15) is 9.90 Å². The number of rotatable bonds is 13. The highest BCUT2D eigenvalue weighted by Crippen LogP contribution is 2.60. The zero-order valence-electron chi connectivity index (χ0n) is 33.4. The van der Waals surface area contributed by atoms with Gasteiger partial charge in [0.2, 0.25) is 5.91 Å². The Labute approximate surface area is 349 Å². The number of carbonyl (C=O) groups excluding carboxylic acids is 2. The number of aliphatic hydroxyl groups is 1. The van der Waals surface area contributed by atoms with Gasteiger partial charge in [-0.15, -0.1) is 5.10 Å². The van der Waals surface area contributed by atoms with Crippen LogP contribution in [0.15, 0.2) is 108 Å². The maximum absolute atomic E-state index is 15.4. The van der Waals surface area contributed by atoms with Crippen LogP contribution in [0.4, 0.5) is 11.4 Å². The Bertz CT molecular complexity index is 2270. The number of methoxy groups -OCH3 is 1. The molecule has 0 radical (unpaired) electrons. The predicted molar refractivity (Wildman–Crippen MR) is 231 cm³/mol. The minimum atomic E-state index is -2.38. The molecule has 0 aliphatic carbocycles. The number of anilines is 2. The molecule has 11 nitrogen and oxygen atoms in total. The summed E-state index contributed by atoms with van der Waals surface area (Å²) in [6.45, 7) is 8.56. The number of ether oxygens (including phenoxy) is 2. The number of halogens is 1. The summed E-state index contributed by atoms with van der Waals surface area (Å²) in [5, 5.41) is 26.9. The molecule has 1 aromatic heterocycles. The molecular weight excluding hydrogens is 813 g/mol. The molecule has 6 atom stereocenters. The van der Waals surface area contributed by atoms with Crippen molar-refractivity contribution in [3.05, 3.63) is 130 Å². The Morgan fingerprint density at radius 2 is 1.88 bits per heavy atom. The van der Waals surface area contributed by atoms with Gasteiger partial charge in [-0.1, -0.05) is 101 Å². The van der Waals surface area contributed by atoms with Crippen LogP contribution in [0.3, 0.4) is 0 Å². The number of benzene rings is 4. The molecule has 3 aliphatic heterocycles. The van der Waals surface area contributed by atoms with Crippen molar-refractivity contribution in [1.29, 1.82) is 0 Å². The molecule has 2 amide bonds. The molecular formula is C45H51BrN6O5Si. The lowest BCUT2D eigenvalue weighted by molar-refractivity contribution is -0.146. The van der Waals surface area contributed by atoms with E-state index in [1.54, 1.807) is 7.11 Å². The quantitative estimate of drug-likeness (QED) is 0.111. The van der Waals surface area contributed by atoms with Gasteiger partial charge in [-0.25, -0.2) is 0 Å². The van der Waals surface area contributed by atoms with Crippen molar-refractivity contribution in [3.63, 3.8) is 0 Å². The molecule has 0 bridgehead atoms. The minimum Gasteiger partial charge on any atom is -0.497 e. The van der Waals surface area contributed by atoms with E-state index >= 15 is 4.79 Å². The van der Waals surface area contributed by atoms with Crippen LogP contribution in [0.25, 0.3) is 0 Å². The Morgan fingerprint density at radius 3 is 2.60 bits per heavy atom. The maximum atomic E-state index is 15.4. The van der Waals surface area contributed by atoms with Crippen LogP contribution in [0, 0.1) is 5.92 Å². The lowest BCUT2D eigenvalue weighted by Crippen LogP contribution is -2.51. The number of fused-ring (bicyclic) bond motifs is 2. The van der Waals surface area contributed by atoms with E-state index < -0.39 is 13.7 Å². The summed E-state index contributed by atoms with van der Waals surface area (Å²) in [6, 6.07) is 31.9. The number of nitrogens with one attached hydrogen (secondary N) is 2. The first kappa shape index (κ1) is 40.1. The monoisotopic (exact) mass is 862 g/mol. The zero-order valence-corrected chi connectivity index (χ0v) is 36.0. The van der Waals surface area contributed by atoms with Gasteiger partial charge in [0.25, 0.3) is 5.91 Å². The van der Waals surface area contributed by atoms with Crippen LogP contribution < -0.4 is 25.5 Å². The topological polar surface area (TPSA) is 131 Å². The lowest BCUT2D eigenvalue weighted by atomic mass is 9.82. The average molecular weight is 864 g/mol. The van der Waals surface area contributed by atoms with Crippen molar-refractivity contribution in [1.82, 2.24) is 20.3 Å². The molecule has 4 aromatic carbocycles. The molecule has 13 heteroatoms. The van der Waals surface area contributed by atoms with E-state index in [1.165, 1.54) is 5.19 Å². The number of aromatic nitrogens is 3. The van der Waals surface area contributed by atoms with Crippen molar-refractivity contribution in [2.75, 3.05) is 30.5 Å². The van der Waals surface area contributed by atoms with Crippen LogP contribution in [0.5, 0.6) is 5.75 Å². The van der Waals surface area contributed by atoms with Gasteiger partial charge in [-0.3, -0.25) is 14.3 Å². The first-order valence-corrected chi connectivity index (χ1v) is 24.0. The van der Waals surface area contributed by atoms with Gasteiger partial charge in [-0.05, 0) is 84.9 Å². The number of aryl methyl sites for hydroxylation is 1. The van der Waals surface area contributed by atoms with E-state index in [2.05, 4.69) is 75.1 Å². The third kappa shape index (κ3) is 7.43. The molecule has 1 spiro atoms. The SMILES string of the molecule is COc1ccc([Si](C)(C)[C@@H]2[C@@H](CCn3cc(C(CO)c4ccccc4)nn3)O[C@]3(C(=O)N(Cc4cccc(NC(=O)[C@H]5CCCN5)c4)c4ccc(Br)cc43)[C@H]2C)cc1. The molecule has 0 saturated carbocycles. The van der Waals surface area contributed by atoms with Crippen molar-refractivity contribution >= 4 is 52.4 Å². The first-order chi connectivity index (χ1) is 28.0. The molecule has 2 fully saturated rings. The molecule has 3 N–H and O–H groups in total. The normalized spacial score (nSPS) is 23.3. The van der Waals surface area contributed by atoms with Gasteiger partial charge in [-0.2, -0.15) is 0 Å². The first-order valence-electron chi connectivity index (χ1n) is 20.2. The predicted octanol–water partition coefficient (Wildman–Crippen LogP) is 6.72. The molecule has 4 heterocycles. The highest BCUT2D eigenvalue weighted by Gasteiger charge is 2.66. The van der Waals surface area contributed by atoms with Crippen molar-refractivity contribution in [2.45, 2.75) is 81.6 Å². The molecule has 302 valence electrons. The number of hydrogen-bond donors (Lipinski definition) is 3. The molecule has 5 aromatic rings. The van der Waals surface area contributed by atoms with Gasteiger partial charge in [0.1, 0.15) is 5.75 Å². The standard InChI is InChI=1S/C45H51BrN6O5Si/c1-29-42(58(3,4)35-18-16-34(56-2)17-19-35)41(21-23-51-27-39(49-50-51)36(28-53)31-11-6-5-7-12-31)57-45(29)37-25-32(46)15-20-40(37)52(44(45)55)26-30-10-8-13-33(24-30)48-43(54)38-14-9-22-47-38/h5-8,10-13,15-20,24-25,27,29,36,38,41-42,47,53H,9,14,21-23,26,28H2,1-4H3,(H,48,54)/t29-,36?,38+,41+,42-,45+/m0/s1. The third-order valence-corrected chi connectivity index (χ3v) is 17.5. The van der Waals surface area contributed by atoms with Crippen LogP contribution in [0.2, 0.25) is 18.6 Å². The Morgan fingerprint density at radius 1 is 1.09 bits per heavy atom. The summed E-state index contributed by atoms with van der Waals surface area (Å²) < 4.78 is 15.6. The average Bonchev–Trinajstić information content (AvgIpc) is 4.04. The van der Waals surface area contributed by atoms with Crippen LogP contribution in [-0.2, 0) is 33.0 Å². The van der Waals surface area contributed by atoms with Gasteiger partial charge in [0, 0.05) is 34.4 Å². The summed E-state index contributed by atoms with van der Waals surface area (Å²) in [7, 11) is -0.708. The Hall–Kier alpha value is -4.66. The maximum Gasteiger partial charge on any atom is 0.264 e. The molecule has 3 aliphatic rings. The fourth-order valence-electron chi connectivity index (χ4n) is 9.68. The van der Waals surface area contributed by atoms with Crippen LogP contribution in [0.1, 0.15) is 54.5 Å². The lowest BCUT2D eigenvalue weighted by Gasteiger charge is -2.37. The van der Waals surface area contributed by atoms with E-state index in [4.69, 9.17) is 9.47 Å². The molecule has 1 unspecified atom stereocenters. The largest absolute Gasteiger partial charge is 0.497 e. The van der Waals surface area contributed by atoms with Crippen molar-refractivity contribution in [3.8, 4) is 5.75 Å². The summed E-state index contributed by atoms with van der Waals surface area (Å²) in [5.41, 5.74) is 3.79. The van der Waals surface area contributed by atoms with Crippen LogP contribution >= 0.6 is 15.9 Å². The van der Waals surface area contributed by atoms with Crippen molar-refractivity contribution < 1.29 is 24.2 Å². The summed E-state index contributed by atoms with van der Waals surface area (Å²) in [4.78, 5) is 30.2. The molecule has 8 rings (SSSR count). The second-order valence-corrected chi connectivity index (χ2v) is 22.0. The van der Waals surface area contributed by atoms with E-state index in [0.717, 1.165) is 52.0 Å². The minimum absolute atomic E-state index is 0.0388. The smallest absolute Gasteiger partial charge is 0.264 e. The number of aliphatic hydroxyl groups excluding tert-OH is 1. The summed E-state index contributed by atoms with van der Waals surface area (Å²) >= 11 is 3.73. The fourth-order valence-corrected chi connectivity index (χ4v) is 14.1. The number of carbonyl (C=O) groups is 2. The number of amides is 2. The fraction of sp³-hybridized carbons (Fsp3) is 0.378. The van der Waals surface area contributed by atoms with E-state index in [-0.39, 0.29) is 47.9 Å². The highest BCUT2D eigenvalue weighted by molar-refractivity contribution is 9.10. The number of nitrogens with zero attached hydrogens (tertiary/aromatic N) is 4. The second-order valence-electron chi connectivity index (χ2n) is 16.4. The number of hydrogen-bond acceptors (Lipinski definition) is 8.